The van der Waals surface area contributed by atoms with Crippen molar-refractivity contribution in [2.24, 2.45) is 11.7 Å². The second-order valence-corrected chi connectivity index (χ2v) is 5.04. The van der Waals surface area contributed by atoms with Crippen molar-refractivity contribution in [1.82, 2.24) is 0 Å². The van der Waals surface area contributed by atoms with Gasteiger partial charge in [-0.2, -0.15) is 0 Å². The first-order chi connectivity index (χ1) is 8.71. The molecule has 0 aliphatic heterocycles. The van der Waals surface area contributed by atoms with Gasteiger partial charge in [-0.1, -0.05) is 51.7 Å². The van der Waals surface area contributed by atoms with E-state index in [-0.39, 0.29) is 6.04 Å². The van der Waals surface area contributed by atoms with E-state index in [0.717, 1.165) is 18.1 Å². The van der Waals surface area contributed by atoms with Crippen molar-refractivity contribution in [3.63, 3.8) is 0 Å². The topological polar surface area (TPSA) is 35.2 Å². The quantitative estimate of drug-likeness (QED) is 0.745. The number of methoxy groups -OCH3 is 1. The summed E-state index contributed by atoms with van der Waals surface area (Å²) in [5, 5.41) is 0. The molecule has 1 rings (SSSR count). The van der Waals surface area contributed by atoms with Gasteiger partial charge >= 0.3 is 0 Å². The Labute approximate surface area is 112 Å². The van der Waals surface area contributed by atoms with E-state index in [1.807, 2.05) is 12.1 Å². The van der Waals surface area contributed by atoms with Crippen molar-refractivity contribution in [2.75, 3.05) is 7.11 Å². The van der Waals surface area contributed by atoms with Crippen LogP contribution in [0.3, 0.4) is 0 Å². The van der Waals surface area contributed by atoms with Crippen molar-refractivity contribution in [3.05, 3.63) is 29.8 Å². The number of nitrogens with two attached hydrogens (primary N) is 1. The van der Waals surface area contributed by atoms with Crippen LogP contribution in [0.4, 0.5) is 0 Å². The second kappa shape index (κ2) is 8.15. The molecule has 2 N–H and O–H groups in total. The Morgan fingerprint density at radius 1 is 1.28 bits per heavy atom. The number of ether oxygens (including phenoxy) is 1. The monoisotopic (exact) mass is 249 g/mol. The number of hydrogen-bond acceptors (Lipinski definition) is 2. The minimum absolute atomic E-state index is 0.127. The molecule has 1 aromatic carbocycles. The molecule has 0 fully saturated rings. The predicted molar refractivity (Wildman–Crippen MR) is 77.8 cm³/mol. The number of benzene rings is 1. The zero-order valence-corrected chi connectivity index (χ0v) is 12.0. The minimum Gasteiger partial charge on any atom is -0.497 e. The van der Waals surface area contributed by atoms with Crippen molar-refractivity contribution in [1.29, 1.82) is 0 Å². The standard InChI is InChI=1S/C16H27NO/c1-4-6-8-13(5-2)11-16(17)14-9-7-10-15(12-14)18-3/h7,9-10,12-13,16H,4-6,8,11,17H2,1-3H3. The highest BCUT2D eigenvalue weighted by Gasteiger charge is 2.13. The summed E-state index contributed by atoms with van der Waals surface area (Å²) < 4.78 is 5.25. The molecule has 2 unspecified atom stereocenters. The first-order valence-electron chi connectivity index (χ1n) is 7.10. The van der Waals surface area contributed by atoms with E-state index in [1.54, 1.807) is 7.11 Å². The molecular formula is C16H27NO. The summed E-state index contributed by atoms with van der Waals surface area (Å²) in [6.07, 6.45) is 6.17. The Morgan fingerprint density at radius 2 is 2.06 bits per heavy atom. The van der Waals surface area contributed by atoms with Crippen molar-refractivity contribution in [2.45, 2.75) is 52.0 Å². The smallest absolute Gasteiger partial charge is 0.119 e. The molecule has 1 aromatic rings. The fourth-order valence-corrected chi connectivity index (χ4v) is 2.35. The third-order valence-corrected chi connectivity index (χ3v) is 3.65. The van der Waals surface area contributed by atoms with Crippen LogP contribution in [0.15, 0.2) is 24.3 Å². The Bertz CT molecular complexity index is 338. The molecule has 0 saturated heterocycles. The van der Waals surface area contributed by atoms with Gasteiger partial charge in [0.1, 0.15) is 5.75 Å². The zero-order valence-electron chi connectivity index (χ0n) is 12.0. The van der Waals surface area contributed by atoms with Gasteiger partial charge in [0.25, 0.3) is 0 Å². The summed E-state index contributed by atoms with van der Waals surface area (Å²) in [6.45, 7) is 4.51. The number of unbranched alkanes of at least 4 members (excludes halogenated alkanes) is 1. The van der Waals surface area contributed by atoms with Crippen LogP contribution in [0, 0.1) is 5.92 Å². The van der Waals surface area contributed by atoms with Crippen LogP contribution in [0.25, 0.3) is 0 Å². The van der Waals surface area contributed by atoms with Gasteiger partial charge in [0.15, 0.2) is 0 Å². The average molecular weight is 249 g/mol. The Kier molecular flexibility index (Phi) is 6.81. The van der Waals surface area contributed by atoms with Gasteiger partial charge < -0.3 is 10.5 Å². The summed E-state index contributed by atoms with van der Waals surface area (Å²) >= 11 is 0. The van der Waals surface area contributed by atoms with Gasteiger partial charge in [0.05, 0.1) is 7.11 Å². The molecule has 2 nitrogen and oxygen atoms in total. The van der Waals surface area contributed by atoms with E-state index in [4.69, 9.17) is 10.5 Å². The lowest BCUT2D eigenvalue weighted by Gasteiger charge is -2.20. The fourth-order valence-electron chi connectivity index (χ4n) is 2.35. The van der Waals surface area contributed by atoms with Crippen LogP contribution >= 0.6 is 0 Å². The summed E-state index contributed by atoms with van der Waals surface area (Å²) in [6, 6.07) is 8.25. The van der Waals surface area contributed by atoms with Crippen LogP contribution in [0.1, 0.15) is 57.6 Å². The van der Waals surface area contributed by atoms with Crippen LogP contribution in [-0.2, 0) is 0 Å². The Balaban J connectivity index is 2.59. The summed E-state index contributed by atoms with van der Waals surface area (Å²) in [4.78, 5) is 0. The molecular weight excluding hydrogens is 222 g/mol. The molecule has 0 amide bonds. The van der Waals surface area contributed by atoms with Gasteiger partial charge in [-0.25, -0.2) is 0 Å². The summed E-state index contributed by atoms with van der Waals surface area (Å²) in [5.41, 5.74) is 7.50. The largest absolute Gasteiger partial charge is 0.497 e. The maximum absolute atomic E-state index is 6.31. The van der Waals surface area contributed by atoms with Crippen molar-refractivity contribution < 1.29 is 4.74 Å². The van der Waals surface area contributed by atoms with E-state index in [1.165, 1.54) is 31.2 Å². The summed E-state index contributed by atoms with van der Waals surface area (Å²) in [7, 11) is 1.70. The van der Waals surface area contributed by atoms with E-state index >= 15 is 0 Å². The maximum atomic E-state index is 6.31. The van der Waals surface area contributed by atoms with E-state index in [9.17, 15) is 0 Å². The second-order valence-electron chi connectivity index (χ2n) is 5.04. The molecule has 0 aromatic heterocycles. The molecule has 0 spiro atoms. The average Bonchev–Trinajstić information content (AvgIpc) is 2.43. The molecule has 18 heavy (non-hydrogen) atoms. The van der Waals surface area contributed by atoms with E-state index in [2.05, 4.69) is 26.0 Å². The molecule has 102 valence electrons. The predicted octanol–water partition coefficient (Wildman–Crippen LogP) is 4.30. The maximum Gasteiger partial charge on any atom is 0.119 e. The lowest BCUT2D eigenvalue weighted by molar-refractivity contribution is 0.386. The summed E-state index contributed by atoms with van der Waals surface area (Å²) in [5.74, 6) is 1.63. The van der Waals surface area contributed by atoms with E-state index in [0.29, 0.717) is 0 Å². The fraction of sp³-hybridized carbons (Fsp3) is 0.625. The Morgan fingerprint density at radius 3 is 2.67 bits per heavy atom. The van der Waals surface area contributed by atoms with Gasteiger partial charge in [0.2, 0.25) is 0 Å². The zero-order chi connectivity index (χ0) is 13.4. The molecule has 2 heteroatoms. The van der Waals surface area contributed by atoms with Crippen molar-refractivity contribution in [3.8, 4) is 5.75 Å². The molecule has 0 aliphatic rings. The van der Waals surface area contributed by atoms with Crippen LogP contribution < -0.4 is 10.5 Å². The molecule has 2 atom stereocenters. The lowest BCUT2D eigenvalue weighted by Crippen LogP contribution is -2.15. The van der Waals surface area contributed by atoms with Crippen LogP contribution in [0.5, 0.6) is 5.75 Å². The van der Waals surface area contributed by atoms with Gasteiger partial charge in [-0.05, 0) is 30.0 Å². The highest BCUT2D eigenvalue weighted by Crippen LogP contribution is 2.26. The van der Waals surface area contributed by atoms with Gasteiger partial charge in [-0.3, -0.25) is 0 Å². The van der Waals surface area contributed by atoms with Crippen LogP contribution in [-0.4, -0.2) is 7.11 Å². The highest BCUT2D eigenvalue weighted by molar-refractivity contribution is 5.30. The molecule has 0 bridgehead atoms. The highest BCUT2D eigenvalue weighted by atomic mass is 16.5. The SMILES string of the molecule is CCCCC(CC)CC(N)c1cccc(OC)c1. The molecule has 0 heterocycles. The minimum atomic E-state index is 0.127. The third kappa shape index (κ3) is 4.69. The van der Waals surface area contributed by atoms with E-state index < -0.39 is 0 Å². The molecule has 0 aliphatic carbocycles. The Hall–Kier alpha value is -1.02. The number of rotatable bonds is 8. The lowest BCUT2D eigenvalue weighted by atomic mass is 9.89. The number of hydrogen-bond donors (Lipinski definition) is 1. The third-order valence-electron chi connectivity index (χ3n) is 3.65. The van der Waals surface area contributed by atoms with Gasteiger partial charge in [-0.15, -0.1) is 0 Å². The van der Waals surface area contributed by atoms with Crippen LogP contribution in [0.2, 0.25) is 0 Å². The normalized spacial score (nSPS) is 14.2. The molecule has 0 saturated carbocycles. The van der Waals surface area contributed by atoms with Crippen molar-refractivity contribution >= 4 is 0 Å². The first-order valence-corrected chi connectivity index (χ1v) is 7.10. The van der Waals surface area contributed by atoms with Gasteiger partial charge in [0, 0.05) is 6.04 Å². The first kappa shape index (κ1) is 15.0. The molecule has 0 radical (unpaired) electrons.